The topological polar surface area (TPSA) is 124 Å². The maximum Gasteiger partial charge on any atom is 0.290 e. The zero-order valence-corrected chi connectivity index (χ0v) is 14.8. The molecule has 1 amide bonds. The first-order valence-electron chi connectivity index (χ1n) is 8.63. The van der Waals surface area contributed by atoms with Gasteiger partial charge in [-0.25, -0.2) is 0 Å². The van der Waals surface area contributed by atoms with Gasteiger partial charge >= 0.3 is 0 Å². The van der Waals surface area contributed by atoms with E-state index in [0.29, 0.717) is 18.2 Å². The van der Waals surface area contributed by atoms with Crippen LogP contribution in [0.3, 0.4) is 0 Å². The lowest BCUT2D eigenvalue weighted by Crippen LogP contribution is -2.45. The second-order valence-electron chi connectivity index (χ2n) is 6.52. The van der Waals surface area contributed by atoms with Crippen LogP contribution in [0.5, 0.6) is 0 Å². The number of nitrogens with one attached hydrogen (secondary N) is 1. The van der Waals surface area contributed by atoms with Crippen molar-refractivity contribution in [3.05, 3.63) is 52.1 Å². The third-order valence-electron chi connectivity index (χ3n) is 4.29. The van der Waals surface area contributed by atoms with E-state index in [-0.39, 0.29) is 17.7 Å². The molecule has 8 nitrogen and oxygen atoms in total. The molecule has 1 atom stereocenters. The molecule has 1 fully saturated rings. The van der Waals surface area contributed by atoms with E-state index in [9.17, 15) is 9.90 Å². The molecule has 0 bridgehead atoms. The van der Waals surface area contributed by atoms with Gasteiger partial charge in [-0.15, -0.1) is 0 Å². The molecule has 1 aliphatic carbocycles. The highest BCUT2D eigenvalue weighted by Gasteiger charge is 2.30. The van der Waals surface area contributed by atoms with E-state index in [1.54, 1.807) is 13.0 Å². The third-order valence-corrected chi connectivity index (χ3v) is 4.29. The molecule has 8 heteroatoms. The first-order chi connectivity index (χ1) is 13.0. The second kappa shape index (κ2) is 8.41. The minimum atomic E-state index is -0.700. The average Bonchev–Trinajstić information content (AvgIpc) is 3.12. The Bertz CT molecular complexity index is 928. The maximum atomic E-state index is 12.3. The van der Waals surface area contributed by atoms with Gasteiger partial charge in [0.25, 0.3) is 5.91 Å². The first-order valence-corrected chi connectivity index (χ1v) is 8.63. The minimum Gasteiger partial charge on any atom is -0.381 e. The van der Waals surface area contributed by atoms with Crippen LogP contribution < -0.4 is 5.32 Å². The Hall–Kier alpha value is -3.27. The van der Waals surface area contributed by atoms with Crippen LogP contribution in [0, 0.1) is 17.8 Å². The van der Waals surface area contributed by atoms with Crippen molar-refractivity contribution < 1.29 is 14.4 Å². The van der Waals surface area contributed by atoms with Crippen LogP contribution in [0.15, 0.2) is 40.0 Å². The van der Waals surface area contributed by atoms with Crippen molar-refractivity contribution >= 4 is 5.91 Å². The van der Waals surface area contributed by atoms with Crippen LogP contribution in [0.25, 0.3) is 21.7 Å². The van der Waals surface area contributed by atoms with Crippen molar-refractivity contribution in [1.29, 1.82) is 0 Å². The van der Waals surface area contributed by atoms with E-state index in [0.717, 1.165) is 24.0 Å². The standard InChI is InChI=1S/C19H19N5O3/c1-12(25)5-6-13-3-2-4-15(7-13)17-10-18(27-23-17)19(26)22-16-8-14(9-16)11-21-24-20/h2-4,7,10,12,14,16,25H,8-9,11H2,1H3,(H,22,26)/t12-,14?,16?/m1/s1. The Morgan fingerprint density at radius 2 is 2.33 bits per heavy atom. The molecular formula is C19H19N5O3. The van der Waals surface area contributed by atoms with Gasteiger partial charge in [0.1, 0.15) is 11.8 Å². The van der Waals surface area contributed by atoms with E-state index in [1.165, 1.54) is 0 Å². The molecular weight excluding hydrogens is 346 g/mol. The van der Waals surface area contributed by atoms with Gasteiger partial charge in [-0.2, -0.15) is 0 Å². The van der Waals surface area contributed by atoms with Crippen LogP contribution >= 0.6 is 0 Å². The first kappa shape index (κ1) is 18.5. The number of rotatable bonds is 5. The van der Waals surface area contributed by atoms with Gasteiger partial charge in [0.15, 0.2) is 0 Å². The quantitative estimate of drug-likeness (QED) is 0.366. The summed E-state index contributed by atoms with van der Waals surface area (Å²) < 4.78 is 5.18. The van der Waals surface area contributed by atoms with Gasteiger partial charge in [0, 0.05) is 34.7 Å². The van der Waals surface area contributed by atoms with Gasteiger partial charge in [-0.05, 0) is 43.3 Å². The summed E-state index contributed by atoms with van der Waals surface area (Å²) in [6.45, 7) is 2.06. The van der Waals surface area contributed by atoms with Gasteiger partial charge in [-0.3, -0.25) is 4.79 Å². The van der Waals surface area contributed by atoms with E-state index in [4.69, 9.17) is 10.1 Å². The number of carbonyl (C=O) groups is 1. The van der Waals surface area contributed by atoms with E-state index in [1.807, 2.05) is 24.3 Å². The predicted molar refractivity (Wildman–Crippen MR) is 98.5 cm³/mol. The number of hydrogen-bond acceptors (Lipinski definition) is 5. The normalized spacial score (nSPS) is 19.0. The third kappa shape index (κ3) is 4.88. The monoisotopic (exact) mass is 365 g/mol. The lowest BCUT2D eigenvalue weighted by Gasteiger charge is -2.34. The number of amides is 1. The fourth-order valence-corrected chi connectivity index (χ4v) is 2.87. The molecule has 138 valence electrons. The van der Waals surface area contributed by atoms with Crippen LogP contribution in [0.1, 0.15) is 35.9 Å². The molecule has 0 saturated heterocycles. The van der Waals surface area contributed by atoms with E-state index in [2.05, 4.69) is 32.3 Å². The van der Waals surface area contributed by atoms with Gasteiger partial charge in [0.2, 0.25) is 5.76 Å². The highest BCUT2D eigenvalue weighted by molar-refractivity contribution is 5.92. The molecule has 2 aromatic rings. The Kier molecular flexibility index (Phi) is 5.77. The van der Waals surface area contributed by atoms with Crippen molar-refractivity contribution in [1.82, 2.24) is 10.5 Å². The summed E-state index contributed by atoms with van der Waals surface area (Å²) in [5, 5.41) is 19.7. The molecule has 1 aliphatic rings. The largest absolute Gasteiger partial charge is 0.381 e. The summed E-state index contributed by atoms with van der Waals surface area (Å²) in [5.41, 5.74) is 10.4. The van der Waals surface area contributed by atoms with Crippen molar-refractivity contribution in [3.63, 3.8) is 0 Å². The number of benzene rings is 1. The predicted octanol–water partition coefficient (Wildman–Crippen LogP) is 2.89. The van der Waals surface area contributed by atoms with Crippen molar-refractivity contribution in [2.45, 2.75) is 31.9 Å². The molecule has 0 spiro atoms. The second-order valence-corrected chi connectivity index (χ2v) is 6.52. The lowest BCUT2D eigenvalue weighted by molar-refractivity contribution is 0.0855. The van der Waals surface area contributed by atoms with Crippen molar-refractivity contribution in [3.8, 4) is 23.1 Å². The molecule has 1 aromatic heterocycles. The number of aliphatic hydroxyl groups excluding tert-OH is 1. The zero-order chi connectivity index (χ0) is 19.2. The SMILES string of the molecule is C[C@@H](O)C#Cc1cccc(-c2cc(C(=O)NC3CC(CN=[N+]=[N-])C3)on2)c1. The summed E-state index contributed by atoms with van der Waals surface area (Å²) in [6.07, 6.45) is 0.875. The number of hydrogen-bond donors (Lipinski definition) is 2. The fraction of sp³-hybridized carbons (Fsp3) is 0.368. The van der Waals surface area contributed by atoms with E-state index >= 15 is 0 Å². The molecule has 27 heavy (non-hydrogen) atoms. The number of azide groups is 1. The summed E-state index contributed by atoms with van der Waals surface area (Å²) in [4.78, 5) is 15.0. The van der Waals surface area contributed by atoms with Crippen molar-refractivity contribution in [2.24, 2.45) is 11.0 Å². The smallest absolute Gasteiger partial charge is 0.290 e. The number of carbonyl (C=O) groups excluding carboxylic acids is 1. The fourth-order valence-electron chi connectivity index (χ4n) is 2.87. The summed E-state index contributed by atoms with van der Waals surface area (Å²) in [6, 6.07) is 8.97. The molecule has 0 unspecified atom stereocenters. The molecule has 1 heterocycles. The molecule has 1 aromatic carbocycles. The van der Waals surface area contributed by atoms with Gasteiger partial charge in [0.05, 0.1) is 0 Å². The lowest BCUT2D eigenvalue weighted by atomic mass is 9.80. The van der Waals surface area contributed by atoms with E-state index < -0.39 is 6.10 Å². The average molecular weight is 365 g/mol. The molecule has 0 radical (unpaired) electrons. The molecule has 0 aliphatic heterocycles. The minimum absolute atomic E-state index is 0.0593. The van der Waals surface area contributed by atoms with Crippen LogP contribution in [-0.2, 0) is 0 Å². The summed E-state index contributed by atoms with van der Waals surface area (Å²) in [7, 11) is 0. The summed E-state index contributed by atoms with van der Waals surface area (Å²) in [5.74, 6) is 5.71. The highest BCUT2D eigenvalue weighted by atomic mass is 16.5. The molecule has 3 rings (SSSR count). The molecule has 2 N–H and O–H groups in total. The maximum absolute atomic E-state index is 12.3. The van der Waals surface area contributed by atoms with Crippen LogP contribution in [-0.4, -0.2) is 34.9 Å². The number of nitrogens with zero attached hydrogens (tertiary/aromatic N) is 4. The zero-order valence-electron chi connectivity index (χ0n) is 14.8. The Morgan fingerprint density at radius 3 is 3.07 bits per heavy atom. The Labute approximate surface area is 156 Å². The van der Waals surface area contributed by atoms with Gasteiger partial charge in [-0.1, -0.05) is 34.2 Å². The number of aliphatic hydroxyl groups is 1. The van der Waals surface area contributed by atoms with Crippen molar-refractivity contribution in [2.75, 3.05) is 6.54 Å². The molecule has 1 saturated carbocycles. The highest BCUT2D eigenvalue weighted by Crippen LogP contribution is 2.28. The van der Waals surface area contributed by atoms with Gasteiger partial charge < -0.3 is 14.9 Å². The Morgan fingerprint density at radius 1 is 1.52 bits per heavy atom. The summed E-state index contributed by atoms with van der Waals surface area (Å²) >= 11 is 0. The Balaban J connectivity index is 1.62. The van der Waals surface area contributed by atoms with Crippen LogP contribution in [0.2, 0.25) is 0 Å². The number of aromatic nitrogens is 1. The van der Waals surface area contributed by atoms with Crippen LogP contribution in [0.4, 0.5) is 0 Å².